The minimum atomic E-state index is -1.52. The lowest BCUT2D eigenvalue weighted by Crippen LogP contribution is -2.46. The zero-order valence-corrected chi connectivity index (χ0v) is 42.6. The molecule has 0 amide bonds. The van der Waals surface area contributed by atoms with E-state index in [9.17, 15) is 9.59 Å². The van der Waals surface area contributed by atoms with E-state index in [0.29, 0.717) is 115 Å². The van der Waals surface area contributed by atoms with Crippen molar-refractivity contribution in [2.45, 2.75) is 125 Å². The summed E-state index contributed by atoms with van der Waals surface area (Å²) in [7, 11) is 1.66. The SMILES string of the molecule is CCC(COCCc1cn(CCOCCOC)nn1)(COCC(CC)(COCCc1cn(CO[C@]2(CC)C(=O)OCc3c2cc2n(c3=O)Cc3cc4ccccc4nc3-2)nn1)CC(C)C)COC(C)C. The molecule has 0 N–H and O–H groups in total. The number of nitrogens with zero attached hydrogens (tertiary/aromatic N) is 8. The van der Waals surface area contributed by atoms with Gasteiger partial charge in [0.05, 0.1) is 125 Å². The first-order chi connectivity index (χ1) is 33.9. The molecule has 3 atom stereocenters. The normalized spacial score (nSPS) is 17.2. The molecule has 18 nitrogen and oxygen atoms in total. The summed E-state index contributed by atoms with van der Waals surface area (Å²) in [6.07, 6.45) is 7.88. The summed E-state index contributed by atoms with van der Waals surface area (Å²) in [6.45, 7) is 20.8. The second kappa shape index (κ2) is 24.4. The molecule has 0 saturated carbocycles. The maximum Gasteiger partial charge on any atom is 0.343 e. The molecule has 0 fully saturated rings. The summed E-state index contributed by atoms with van der Waals surface area (Å²) >= 11 is 0. The molecule has 0 saturated heterocycles. The van der Waals surface area contributed by atoms with Gasteiger partial charge in [0.1, 0.15) is 13.3 Å². The van der Waals surface area contributed by atoms with E-state index >= 15 is 0 Å². The summed E-state index contributed by atoms with van der Waals surface area (Å²) in [5.74, 6) is -0.109. The van der Waals surface area contributed by atoms with E-state index in [2.05, 4.69) is 54.4 Å². The molecule has 0 aliphatic carbocycles. The molecule has 7 rings (SSSR count). The molecule has 0 radical (unpaired) electrons. The molecule has 382 valence electrons. The summed E-state index contributed by atoms with van der Waals surface area (Å²) < 4.78 is 53.4. The van der Waals surface area contributed by atoms with Crippen molar-refractivity contribution in [2.75, 3.05) is 73.2 Å². The highest BCUT2D eigenvalue weighted by molar-refractivity contribution is 5.86. The second-order valence-corrected chi connectivity index (χ2v) is 19.6. The fraction of sp³-hybridized carbons (Fsp3) is 0.635. The van der Waals surface area contributed by atoms with Crippen molar-refractivity contribution in [1.29, 1.82) is 0 Å². The van der Waals surface area contributed by atoms with Crippen molar-refractivity contribution in [1.82, 2.24) is 39.5 Å². The van der Waals surface area contributed by atoms with E-state index in [1.165, 1.54) is 0 Å². The number of carbonyl (C=O) groups is 1. The van der Waals surface area contributed by atoms with Crippen LogP contribution in [0.2, 0.25) is 0 Å². The van der Waals surface area contributed by atoms with Gasteiger partial charge in [-0.2, -0.15) is 0 Å². The van der Waals surface area contributed by atoms with Gasteiger partial charge in [-0.25, -0.2) is 19.1 Å². The van der Waals surface area contributed by atoms with Gasteiger partial charge < -0.3 is 42.5 Å². The molecular formula is C52H74N8O10. The number of hydrogen-bond donors (Lipinski definition) is 0. The lowest BCUT2D eigenvalue weighted by Gasteiger charge is -2.37. The molecule has 4 aromatic heterocycles. The Morgan fingerprint density at radius 2 is 1.47 bits per heavy atom. The van der Waals surface area contributed by atoms with Crippen LogP contribution in [0.5, 0.6) is 0 Å². The molecule has 5 aromatic rings. The third kappa shape index (κ3) is 12.7. The van der Waals surface area contributed by atoms with Crippen LogP contribution < -0.4 is 5.56 Å². The minimum absolute atomic E-state index is 0.0749. The maximum absolute atomic E-state index is 14.0. The van der Waals surface area contributed by atoms with Gasteiger partial charge in [0.15, 0.2) is 5.60 Å². The fourth-order valence-corrected chi connectivity index (χ4v) is 9.37. The van der Waals surface area contributed by atoms with E-state index in [4.69, 9.17) is 42.9 Å². The highest BCUT2D eigenvalue weighted by Gasteiger charge is 2.48. The number of fused-ring (bicyclic) bond motifs is 5. The molecule has 0 bridgehead atoms. The van der Waals surface area contributed by atoms with Crippen LogP contribution in [-0.4, -0.2) is 125 Å². The first-order valence-corrected chi connectivity index (χ1v) is 25.0. The van der Waals surface area contributed by atoms with Gasteiger partial charge in [0, 0.05) is 53.5 Å². The largest absolute Gasteiger partial charge is 0.458 e. The highest BCUT2D eigenvalue weighted by atomic mass is 16.6. The number of rotatable bonds is 31. The van der Waals surface area contributed by atoms with Gasteiger partial charge in [0.25, 0.3) is 5.56 Å². The summed E-state index contributed by atoms with van der Waals surface area (Å²) in [5.41, 5.74) is 3.42. The first kappa shape index (κ1) is 52.9. The Kier molecular flexibility index (Phi) is 18.5. The van der Waals surface area contributed by atoms with Crippen molar-refractivity contribution < 1.29 is 42.7 Å². The van der Waals surface area contributed by atoms with Gasteiger partial charge in [-0.3, -0.25) is 4.79 Å². The quantitative estimate of drug-likeness (QED) is 0.0330. The van der Waals surface area contributed by atoms with E-state index in [1.54, 1.807) is 27.2 Å². The van der Waals surface area contributed by atoms with Crippen molar-refractivity contribution in [3.8, 4) is 11.4 Å². The number of pyridine rings is 2. The number of methoxy groups -OCH3 is 1. The topological polar surface area (TPSA) is 187 Å². The molecule has 1 aromatic carbocycles. The molecular weight excluding hydrogens is 897 g/mol. The Hall–Kier alpha value is -4.95. The van der Waals surface area contributed by atoms with Crippen molar-refractivity contribution in [2.24, 2.45) is 16.7 Å². The van der Waals surface area contributed by atoms with Crippen LogP contribution in [-0.2, 0) is 87.6 Å². The monoisotopic (exact) mass is 971 g/mol. The van der Waals surface area contributed by atoms with Crippen LogP contribution in [0.25, 0.3) is 22.3 Å². The number of carbonyl (C=O) groups excluding carboxylic acids is 1. The second-order valence-electron chi connectivity index (χ2n) is 19.6. The van der Waals surface area contributed by atoms with Gasteiger partial charge in [-0.1, -0.05) is 63.2 Å². The number of ether oxygens (including phenoxy) is 8. The third-order valence-corrected chi connectivity index (χ3v) is 13.6. The maximum atomic E-state index is 14.0. The molecule has 2 unspecified atom stereocenters. The number of hydrogen-bond acceptors (Lipinski definition) is 15. The molecule has 18 heteroatoms. The van der Waals surface area contributed by atoms with Crippen LogP contribution in [0.1, 0.15) is 102 Å². The first-order valence-electron chi connectivity index (χ1n) is 25.0. The van der Waals surface area contributed by atoms with Crippen LogP contribution >= 0.6 is 0 Å². The minimum Gasteiger partial charge on any atom is -0.458 e. The van der Waals surface area contributed by atoms with E-state index in [1.807, 2.05) is 57.3 Å². The van der Waals surface area contributed by atoms with Crippen molar-refractivity contribution in [3.05, 3.63) is 87.2 Å². The fourth-order valence-electron chi connectivity index (χ4n) is 9.37. The average Bonchev–Trinajstić information content (AvgIpc) is 4.11. The number of benzene rings is 1. The smallest absolute Gasteiger partial charge is 0.343 e. The molecule has 2 aliphatic heterocycles. The predicted octanol–water partition coefficient (Wildman–Crippen LogP) is 6.71. The van der Waals surface area contributed by atoms with E-state index < -0.39 is 11.6 Å². The zero-order valence-electron chi connectivity index (χ0n) is 42.6. The van der Waals surface area contributed by atoms with Crippen LogP contribution in [0.3, 0.4) is 0 Å². The van der Waals surface area contributed by atoms with Gasteiger partial charge >= 0.3 is 5.97 Å². The number of aromatic nitrogens is 8. The molecule has 0 spiro atoms. The number of para-hydroxylation sites is 1. The Labute approximate surface area is 411 Å². The van der Waals surface area contributed by atoms with Crippen LogP contribution in [0, 0.1) is 16.7 Å². The van der Waals surface area contributed by atoms with E-state index in [0.717, 1.165) is 52.8 Å². The Bertz CT molecular complexity index is 2540. The van der Waals surface area contributed by atoms with Crippen LogP contribution in [0.15, 0.2) is 53.6 Å². The lowest BCUT2D eigenvalue weighted by atomic mass is 9.79. The molecule has 6 heterocycles. The van der Waals surface area contributed by atoms with Gasteiger partial charge in [-0.15, -0.1) is 10.2 Å². The van der Waals surface area contributed by atoms with Crippen LogP contribution in [0.4, 0.5) is 0 Å². The number of esters is 1. The van der Waals surface area contributed by atoms with Crippen molar-refractivity contribution >= 4 is 16.9 Å². The third-order valence-electron chi connectivity index (χ3n) is 13.6. The Morgan fingerprint density at radius 3 is 2.17 bits per heavy atom. The Balaban J connectivity index is 0.924. The Morgan fingerprint density at radius 1 is 0.786 bits per heavy atom. The molecule has 70 heavy (non-hydrogen) atoms. The zero-order chi connectivity index (χ0) is 49.7. The molecule has 2 aliphatic rings. The predicted molar refractivity (Wildman–Crippen MR) is 262 cm³/mol. The van der Waals surface area contributed by atoms with Gasteiger partial charge in [-0.05, 0) is 63.6 Å². The lowest BCUT2D eigenvalue weighted by molar-refractivity contribution is -0.188. The summed E-state index contributed by atoms with van der Waals surface area (Å²) in [6, 6.07) is 11.8. The van der Waals surface area contributed by atoms with E-state index in [-0.39, 0.29) is 42.3 Å². The standard InChI is InChI=1S/C52H74N8O10/c1-9-50(26-37(4)5,32-67-34-51(10-2,35-69-38(6)7)33-66-20-16-41-28-58(56-54-41)18-21-64-23-22-63-8)31-65-19-17-42-29-59(57-55-42)36-70-52(11-3)44-25-46-47-40(24-39-14-12-13-15-45(39)53-47)27-60(46)48(61)43(44)30-68-49(52)62/h12-15,24-25,28-29,37-38H,9-11,16-23,26-27,30-36H2,1-8H3/t50?,51?,52-/m0/s1. The summed E-state index contributed by atoms with van der Waals surface area (Å²) in [4.78, 5) is 32.6. The average molecular weight is 971 g/mol. The summed E-state index contributed by atoms with van der Waals surface area (Å²) in [5, 5.41) is 18.3. The van der Waals surface area contributed by atoms with Crippen molar-refractivity contribution in [3.63, 3.8) is 0 Å². The number of cyclic esters (lactones) is 1. The van der Waals surface area contributed by atoms with Gasteiger partial charge in [0.2, 0.25) is 0 Å². The highest BCUT2D eigenvalue weighted by Crippen LogP contribution is 2.41.